The van der Waals surface area contributed by atoms with Gasteiger partial charge in [-0.3, -0.25) is 10.1 Å². The molecule has 1 aromatic carbocycles. The number of nitrogens with one attached hydrogen (secondary N) is 2. The molecule has 25 heavy (non-hydrogen) atoms. The Balaban J connectivity index is 1.79. The molecule has 8 heteroatoms. The highest BCUT2D eigenvalue weighted by molar-refractivity contribution is 9.10. The van der Waals surface area contributed by atoms with E-state index in [1.807, 2.05) is 0 Å². The minimum absolute atomic E-state index is 0.127. The molecule has 136 valence electrons. The highest BCUT2D eigenvalue weighted by Gasteiger charge is 2.17. The van der Waals surface area contributed by atoms with E-state index in [0.29, 0.717) is 15.8 Å². The average Bonchev–Trinajstić information content (AvgIpc) is 2.60. The fraction of sp³-hybridized carbons (Fsp3) is 0.471. The number of hydrogen-bond acceptors (Lipinski definition) is 5. The number of hydrogen-bond donors (Lipinski definition) is 2. The predicted octanol–water partition coefficient (Wildman–Crippen LogP) is 2.77. The standard InChI is InChI=1S/C17H21BrN2O5/c1-24-16(22)11-7-8-14(13(18)9-11)25-10-15(21)20-17(23)19-12-5-3-2-4-6-12/h7-9,12H,2-6,10H2,1H3,(H2,19,20,21,23). The van der Waals surface area contributed by atoms with Gasteiger partial charge in [-0.2, -0.15) is 0 Å². The van der Waals surface area contributed by atoms with Crippen molar-refractivity contribution in [1.82, 2.24) is 10.6 Å². The van der Waals surface area contributed by atoms with Crippen LogP contribution < -0.4 is 15.4 Å². The zero-order valence-electron chi connectivity index (χ0n) is 14.0. The third-order valence-corrected chi connectivity index (χ3v) is 4.52. The van der Waals surface area contributed by atoms with Gasteiger partial charge in [-0.25, -0.2) is 9.59 Å². The summed E-state index contributed by atoms with van der Waals surface area (Å²) in [6.07, 6.45) is 5.26. The molecule has 0 unspecified atom stereocenters. The van der Waals surface area contributed by atoms with E-state index in [-0.39, 0.29) is 12.6 Å². The second kappa shape index (κ2) is 9.41. The molecular weight excluding hydrogens is 392 g/mol. The molecule has 1 fully saturated rings. The fourth-order valence-corrected chi connectivity index (χ4v) is 3.13. The van der Waals surface area contributed by atoms with Crippen molar-refractivity contribution in [2.24, 2.45) is 0 Å². The zero-order chi connectivity index (χ0) is 18.2. The highest BCUT2D eigenvalue weighted by atomic mass is 79.9. The van der Waals surface area contributed by atoms with Crippen LogP contribution in [0.3, 0.4) is 0 Å². The van der Waals surface area contributed by atoms with Gasteiger partial charge in [-0.15, -0.1) is 0 Å². The van der Waals surface area contributed by atoms with E-state index < -0.39 is 17.9 Å². The molecule has 0 spiro atoms. The number of imide groups is 1. The molecule has 0 saturated heterocycles. The largest absolute Gasteiger partial charge is 0.483 e. The van der Waals surface area contributed by atoms with Crippen LogP contribution >= 0.6 is 15.9 Å². The number of benzene rings is 1. The van der Waals surface area contributed by atoms with Crippen molar-refractivity contribution >= 4 is 33.8 Å². The summed E-state index contributed by atoms with van der Waals surface area (Å²) >= 11 is 3.27. The summed E-state index contributed by atoms with van der Waals surface area (Å²) in [5, 5.41) is 5.05. The quantitative estimate of drug-likeness (QED) is 0.725. The van der Waals surface area contributed by atoms with Gasteiger partial charge in [-0.1, -0.05) is 19.3 Å². The van der Waals surface area contributed by atoms with Crippen LogP contribution in [-0.4, -0.2) is 37.7 Å². The number of amides is 3. The first-order chi connectivity index (χ1) is 12.0. The van der Waals surface area contributed by atoms with Crippen LogP contribution in [0.15, 0.2) is 22.7 Å². The van der Waals surface area contributed by atoms with Crippen molar-refractivity contribution in [2.75, 3.05) is 13.7 Å². The Morgan fingerprint density at radius 3 is 2.56 bits per heavy atom. The van der Waals surface area contributed by atoms with Crippen molar-refractivity contribution < 1.29 is 23.9 Å². The summed E-state index contributed by atoms with van der Waals surface area (Å²) in [5.74, 6) is -0.628. The summed E-state index contributed by atoms with van der Waals surface area (Å²) in [6.45, 7) is -0.311. The Hall–Kier alpha value is -2.09. The van der Waals surface area contributed by atoms with E-state index in [0.717, 1.165) is 25.7 Å². The Morgan fingerprint density at radius 1 is 1.20 bits per heavy atom. The van der Waals surface area contributed by atoms with Gasteiger partial charge >= 0.3 is 12.0 Å². The van der Waals surface area contributed by atoms with Crippen molar-refractivity contribution in [3.63, 3.8) is 0 Å². The zero-order valence-corrected chi connectivity index (χ0v) is 15.6. The smallest absolute Gasteiger partial charge is 0.337 e. The molecule has 0 radical (unpaired) electrons. The summed E-state index contributed by atoms with van der Waals surface area (Å²) in [4.78, 5) is 35.0. The van der Waals surface area contributed by atoms with Crippen molar-refractivity contribution in [2.45, 2.75) is 38.1 Å². The third-order valence-electron chi connectivity index (χ3n) is 3.91. The van der Waals surface area contributed by atoms with E-state index in [2.05, 4.69) is 31.3 Å². The molecule has 0 atom stereocenters. The van der Waals surface area contributed by atoms with E-state index in [9.17, 15) is 14.4 Å². The molecule has 1 aromatic rings. The predicted molar refractivity (Wildman–Crippen MR) is 94.5 cm³/mol. The molecule has 0 aliphatic heterocycles. The summed E-state index contributed by atoms with van der Waals surface area (Å²) in [7, 11) is 1.29. The van der Waals surface area contributed by atoms with Gasteiger partial charge in [0.1, 0.15) is 5.75 Å². The molecule has 2 N–H and O–H groups in total. The van der Waals surface area contributed by atoms with Gasteiger partial charge in [0.25, 0.3) is 5.91 Å². The fourth-order valence-electron chi connectivity index (χ4n) is 2.64. The SMILES string of the molecule is COC(=O)c1ccc(OCC(=O)NC(=O)NC2CCCCC2)c(Br)c1. The Labute approximate surface area is 154 Å². The van der Waals surface area contributed by atoms with Gasteiger partial charge in [-0.05, 0) is 47.0 Å². The molecule has 1 saturated carbocycles. The number of ether oxygens (including phenoxy) is 2. The number of carbonyl (C=O) groups is 3. The summed E-state index contributed by atoms with van der Waals surface area (Å²) in [5.41, 5.74) is 0.359. The van der Waals surface area contributed by atoms with E-state index in [1.54, 1.807) is 6.07 Å². The Morgan fingerprint density at radius 2 is 1.92 bits per heavy atom. The van der Waals surface area contributed by atoms with Gasteiger partial charge in [0.2, 0.25) is 0 Å². The molecule has 1 aliphatic carbocycles. The van der Waals surface area contributed by atoms with Crippen LogP contribution in [0.4, 0.5) is 4.79 Å². The number of urea groups is 1. The monoisotopic (exact) mass is 412 g/mol. The summed E-state index contributed by atoms with van der Waals surface area (Å²) in [6, 6.07) is 4.24. The lowest BCUT2D eigenvalue weighted by Gasteiger charge is -2.22. The first-order valence-electron chi connectivity index (χ1n) is 8.10. The number of esters is 1. The molecule has 1 aliphatic rings. The first-order valence-corrected chi connectivity index (χ1v) is 8.90. The van der Waals surface area contributed by atoms with Crippen LogP contribution in [0.1, 0.15) is 42.5 Å². The minimum Gasteiger partial charge on any atom is -0.483 e. The number of methoxy groups -OCH3 is 1. The van der Waals surface area contributed by atoms with Gasteiger partial charge in [0.05, 0.1) is 17.1 Å². The highest BCUT2D eigenvalue weighted by Crippen LogP contribution is 2.26. The molecule has 3 amide bonds. The Bertz CT molecular complexity index is 644. The van der Waals surface area contributed by atoms with E-state index >= 15 is 0 Å². The first kappa shape index (κ1) is 19.2. The molecule has 7 nitrogen and oxygen atoms in total. The summed E-state index contributed by atoms with van der Waals surface area (Å²) < 4.78 is 10.5. The van der Waals surface area contributed by atoms with E-state index in [1.165, 1.54) is 25.7 Å². The number of halogens is 1. The van der Waals surface area contributed by atoms with Crippen molar-refractivity contribution in [1.29, 1.82) is 0 Å². The second-order valence-electron chi connectivity index (χ2n) is 5.78. The maximum Gasteiger partial charge on any atom is 0.337 e. The van der Waals surface area contributed by atoms with Crippen LogP contribution in [0.25, 0.3) is 0 Å². The lowest BCUT2D eigenvalue weighted by Crippen LogP contribution is -2.46. The third kappa shape index (κ3) is 6.04. The maximum absolute atomic E-state index is 11.8. The molecule has 0 aromatic heterocycles. The van der Waals surface area contributed by atoms with Crippen molar-refractivity contribution in [3.8, 4) is 5.75 Å². The van der Waals surface area contributed by atoms with E-state index in [4.69, 9.17) is 4.74 Å². The maximum atomic E-state index is 11.8. The van der Waals surface area contributed by atoms with Crippen LogP contribution in [0, 0.1) is 0 Å². The van der Waals surface area contributed by atoms with Crippen molar-refractivity contribution in [3.05, 3.63) is 28.2 Å². The number of rotatable bonds is 5. The van der Waals surface area contributed by atoms with Crippen LogP contribution in [-0.2, 0) is 9.53 Å². The molecule has 2 rings (SSSR count). The van der Waals surface area contributed by atoms with Gasteiger partial charge in [0.15, 0.2) is 6.61 Å². The average molecular weight is 413 g/mol. The molecule has 0 bridgehead atoms. The lowest BCUT2D eigenvalue weighted by molar-refractivity contribution is -0.122. The molecule has 0 heterocycles. The van der Waals surface area contributed by atoms with Crippen LogP contribution in [0.2, 0.25) is 0 Å². The van der Waals surface area contributed by atoms with Gasteiger partial charge in [0, 0.05) is 6.04 Å². The molecular formula is C17H21BrN2O5. The van der Waals surface area contributed by atoms with Crippen LogP contribution in [0.5, 0.6) is 5.75 Å². The van der Waals surface area contributed by atoms with Gasteiger partial charge < -0.3 is 14.8 Å². The topological polar surface area (TPSA) is 93.7 Å². The minimum atomic E-state index is -0.544. The Kier molecular flexibility index (Phi) is 7.24. The number of carbonyl (C=O) groups excluding carboxylic acids is 3. The lowest BCUT2D eigenvalue weighted by atomic mass is 9.96. The second-order valence-corrected chi connectivity index (χ2v) is 6.64. The normalized spacial score (nSPS) is 14.5.